The van der Waals surface area contributed by atoms with E-state index in [0.717, 1.165) is 5.75 Å². The molecule has 2 amide bonds. The summed E-state index contributed by atoms with van der Waals surface area (Å²) in [7, 11) is 1.78. The van der Waals surface area contributed by atoms with Gasteiger partial charge in [0.2, 0.25) is 11.8 Å². The standard InChI is InChI=1S/C22H27N3O4/c1-17(24(2)16-21(26)25-12-14-28-15-13-25)22(27)23-18-8-10-20(11-9-18)29-19-6-4-3-5-7-19/h3-11,17H,12-16H2,1-2H3,(H,23,27)/t17-/m0/s1. The van der Waals surface area contributed by atoms with Crippen molar-refractivity contribution in [3.05, 3.63) is 54.6 Å². The van der Waals surface area contributed by atoms with Crippen LogP contribution in [0.25, 0.3) is 0 Å². The van der Waals surface area contributed by atoms with Gasteiger partial charge in [-0.15, -0.1) is 0 Å². The minimum absolute atomic E-state index is 0.0119. The number of ether oxygens (including phenoxy) is 2. The topological polar surface area (TPSA) is 71.1 Å². The Labute approximate surface area is 171 Å². The van der Waals surface area contributed by atoms with Crippen molar-refractivity contribution in [2.24, 2.45) is 0 Å². The molecule has 154 valence electrons. The molecule has 1 fully saturated rings. The van der Waals surface area contributed by atoms with Crippen molar-refractivity contribution in [2.75, 3.05) is 45.2 Å². The molecule has 0 aliphatic carbocycles. The molecule has 29 heavy (non-hydrogen) atoms. The molecule has 1 aliphatic heterocycles. The van der Waals surface area contributed by atoms with E-state index < -0.39 is 6.04 Å². The summed E-state index contributed by atoms with van der Waals surface area (Å²) in [5, 5.41) is 2.89. The van der Waals surface area contributed by atoms with Crippen LogP contribution in [0.1, 0.15) is 6.92 Å². The highest BCUT2D eigenvalue weighted by atomic mass is 16.5. The molecule has 2 aromatic rings. The Hall–Kier alpha value is -2.90. The van der Waals surface area contributed by atoms with Crippen molar-refractivity contribution >= 4 is 17.5 Å². The number of morpholine rings is 1. The number of anilines is 1. The molecular formula is C22H27N3O4. The van der Waals surface area contributed by atoms with Crippen molar-refractivity contribution < 1.29 is 19.1 Å². The van der Waals surface area contributed by atoms with Crippen LogP contribution in [0.3, 0.4) is 0 Å². The molecule has 3 rings (SSSR count). The monoisotopic (exact) mass is 397 g/mol. The van der Waals surface area contributed by atoms with Gasteiger partial charge in [-0.25, -0.2) is 0 Å². The fourth-order valence-corrected chi connectivity index (χ4v) is 2.94. The first-order valence-electron chi connectivity index (χ1n) is 9.72. The lowest BCUT2D eigenvalue weighted by atomic mass is 10.2. The zero-order chi connectivity index (χ0) is 20.6. The second-order valence-electron chi connectivity index (χ2n) is 7.01. The minimum atomic E-state index is -0.444. The summed E-state index contributed by atoms with van der Waals surface area (Å²) in [6, 6.07) is 16.3. The third kappa shape index (κ3) is 6.04. The first kappa shape index (κ1) is 20.8. The fourth-order valence-electron chi connectivity index (χ4n) is 2.94. The van der Waals surface area contributed by atoms with Crippen molar-refractivity contribution in [1.82, 2.24) is 9.80 Å². The molecule has 1 N–H and O–H groups in total. The van der Waals surface area contributed by atoms with E-state index in [1.807, 2.05) is 30.3 Å². The number of amides is 2. The van der Waals surface area contributed by atoms with Crippen molar-refractivity contribution in [1.29, 1.82) is 0 Å². The van der Waals surface area contributed by atoms with Crippen molar-refractivity contribution in [3.8, 4) is 11.5 Å². The number of carbonyl (C=O) groups excluding carboxylic acids is 2. The summed E-state index contributed by atoms with van der Waals surface area (Å²) in [6.45, 7) is 4.31. The lowest BCUT2D eigenvalue weighted by molar-refractivity contribution is -0.137. The Kier molecular flexibility index (Phi) is 7.21. The lowest BCUT2D eigenvalue weighted by Gasteiger charge is -2.30. The van der Waals surface area contributed by atoms with Crippen LogP contribution >= 0.6 is 0 Å². The number of carbonyl (C=O) groups is 2. The van der Waals surface area contributed by atoms with Crippen LogP contribution in [0.4, 0.5) is 5.69 Å². The SMILES string of the molecule is C[C@@H](C(=O)Nc1ccc(Oc2ccccc2)cc1)N(C)CC(=O)N1CCOCC1. The van der Waals surface area contributed by atoms with Gasteiger partial charge in [0, 0.05) is 18.8 Å². The third-order valence-corrected chi connectivity index (χ3v) is 4.89. The van der Waals surface area contributed by atoms with Gasteiger partial charge in [-0.3, -0.25) is 14.5 Å². The van der Waals surface area contributed by atoms with E-state index in [2.05, 4.69) is 5.32 Å². The minimum Gasteiger partial charge on any atom is -0.457 e. The maximum atomic E-state index is 12.6. The Bertz CT molecular complexity index is 805. The van der Waals surface area contributed by atoms with Crippen LogP contribution in [0.15, 0.2) is 54.6 Å². The van der Waals surface area contributed by atoms with Gasteiger partial charge in [-0.05, 0) is 50.4 Å². The molecule has 1 atom stereocenters. The molecule has 0 unspecified atom stereocenters. The highest BCUT2D eigenvalue weighted by Crippen LogP contribution is 2.22. The summed E-state index contributed by atoms with van der Waals surface area (Å²) in [6.07, 6.45) is 0. The second kappa shape index (κ2) is 10.0. The predicted octanol–water partition coefficient (Wildman–Crippen LogP) is 2.60. The van der Waals surface area contributed by atoms with Crippen LogP contribution in [0.2, 0.25) is 0 Å². The zero-order valence-corrected chi connectivity index (χ0v) is 16.8. The number of nitrogens with zero attached hydrogens (tertiary/aromatic N) is 2. The highest BCUT2D eigenvalue weighted by Gasteiger charge is 2.23. The van der Waals surface area contributed by atoms with E-state index in [0.29, 0.717) is 37.7 Å². The molecule has 0 bridgehead atoms. The Morgan fingerprint density at radius 2 is 1.69 bits per heavy atom. The first-order chi connectivity index (χ1) is 14.0. The maximum absolute atomic E-state index is 12.6. The summed E-state index contributed by atoms with van der Waals surface area (Å²) in [4.78, 5) is 28.4. The number of para-hydroxylation sites is 1. The van der Waals surface area contributed by atoms with Crippen LogP contribution in [-0.2, 0) is 14.3 Å². The van der Waals surface area contributed by atoms with Crippen LogP contribution in [0.5, 0.6) is 11.5 Å². The van der Waals surface area contributed by atoms with Crippen LogP contribution < -0.4 is 10.1 Å². The van der Waals surface area contributed by atoms with Crippen LogP contribution in [-0.4, -0.2) is 67.6 Å². The lowest BCUT2D eigenvalue weighted by Crippen LogP contribution is -2.48. The van der Waals surface area contributed by atoms with E-state index in [1.54, 1.807) is 48.0 Å². The summed E-state index contributed by atoms with van der Waals surface area (Å²) < 4.78 is 11.0. The van der Waals surface area contributed by atoms with Gasteiger partial charge < -0.3 is 19.7 Å². The largest absolute Gasteiger partial charge is 0.457 e. The molecule has 0 saturated carbocycles. The van der Waals surface area contributed by atoms with Gasteiger partial charge >= 0.3 is 0 Å². The first-order valence-corrected chi connectivity index (χ1v) is 9.72. The molecule has 1 aliphatic rings. The van der Waals surface area contributed by atoms with E-state index >= 15 is 0 Å². The molecule has 0 spiro atoms. The average Bonchev–Trinajstić information content (AvgIpc) is 2.75. The number of nitrogens with one attached hydrogen (secondary N) is 1. The van der Waals surface area contributed by atoms with Crippen molar-refractivity contribution in [2.45, 2.75) is 13.0 Å². The Morgan fingerprint density at radius 3 is 2.34 bits per heavy atom. The number of benzene rings is 2. The normalized spacial score (nSPS) is 15.1. The van der Waals surface area contributed by atoms with Gasteiger partial charge in [0.15, 0.2) is 0 Å². The quantitative estimate of drug-likeness (QED) is 0.778. The number of hydrogen-bond acceptors (Lipinski definition) is 5. The molecule has 7 heteroatoms. The number of rotatable bonds is 7. The van der Waals surface area contributed by atoms with E-state index in [1.165, 1.54) is 0 Å². The maximum Gasteiger partial charge on any atom is 0.241 e. The Balaban J connectivity index is 1.50. The molecule has 0 aromatic heterocycles. The van der Waals surface area contributed by atoms with Gasteiger partial charge in [0.25, 0.3) is 0 Å². The van der Waals surface area contributed by atoms with E-state index in [9.17, 15) is 9.59 Å². The molecular weight excluding hydrogens is 370 g/mol. The van der Waals surface area contributed by atoms with Crippen LogP contribution in [0, 0.1) is 0 Å². The van der Waals surface area contributed by atoms with Crippen molar-refractivity contribution in [3.63, 3.8) is 0 Å². The summed E-state index contributed by atoms with van der Waals surface area (Å²) >= 11 is 0. The molecule has 1 heterocycles. The summed E-state index contributed by atoms with van der Waals surface area (Å²) in [5.41, 5.74) is 0.676. The average molecular weight is 397 g/mol. The highest BCUT2D eigenvalue weighted by molar-refractivity contribution is 5.95. The van der Waals surface area contributed by atoms with E-state index in [-0.39, 0.29) is 18.4 Å². The van der Waals surface area contributed by atoms with E-state index in [4.69, 9.17) is 9.47 Å². The number of hydrogen-bond donors (Lipinski definition) is 1. The smallest absolute Gasteiger partial charge is 0.241 e. The van der Waals surface area contributed by atoms with Gasteiger partial charge in [0.05, 0.1) is 25.8 Å². The third-order valence-electron chi connectivity index (χ3n) is 4.89. The molecule has 2 aromatic carbocycles. The zero-order valence-electron chi connectivity index (χ0n) is 16.8. The Morgan fingerprint density at radius 1 is 1.07 bits per heavy atom. The molecule has 1 saturated heterocycles. The molecule has 7 nitrogen and oxygen atoms in total. The van der Waals surface area contributed by atoms with Gasteiger partial charge in [-0.1, -0.05) is 18.2 Å². The predicted molar refractivity (Wildman–Crippen MR) is 111 cm³/mol. The second-order valence-corrected chi connectivity index (χ2v) is 7.01. The summed E-state index contributed by atoms with van der Waals surface area (Å²) in [5.74, 6) is 1.29. The fraction of sp³-hybridized carbons (Fsp3) is 0.364. The van der Waals surface area contributed by atoms with Gasteiger partial charge in [0.1, 0.15) is 11.5 Å². The molecule has 0 radical (unpaired) electrons. The van der Waals surface area contributed by atoms with Gasteiger partial charge in [-0.2, -0.15) is 0 Å². The number of likely N-dealkylation sites (N-methyl/N-ethyl adjacent to an activating group) is 1.